The molecule has 9 heteroatoms. The summed E-state index contributed by atoms with van der Waals surface area (Å²) in [5.74, 6) is -0.981. The van der Waals surface area contributed by atoms with Crippen molar-refractivity contribution < 1.29 is 27.5 Å². The van der Waals surface area contributed by atoms with Crippen molar-refractivity contribution >= 4 is 21.9 Å². The molecule has 30 heavy (non-hydrogen) atoms. The van der Waals surface area contributed by atoms with Crippen LogP contribution in [0.25, 0.3) is 0 Å². The summed E-state index contributed by atoms with van der Waals surface area (Å²) in [6, 6.07) is 4.00. The van der Waals surface area contributed by atoms with Crippen LogP contribution in [-0.4, -0.2) is 57.4 Å². The van der Waals surface area contributed by atoms with Crippen LogP contribution in [0.2, 0.25) is 0 Å². The molecule has 0 bridgehead atoms. The quantitative estimate of drug-likeness (QED) is 0.443. The highest BCUT2D eigenvalue weighted by molar-refractivity contribution is 7.89. The standard InChI is InChI=1S/C21H32N2O6S/c1-4-5-7-12-22-20(24)15-29-21(25)17-10-11-18(28-3)19(14-17)30(26,27)23-13-8-6-9-16(23)2/h10-11,14,16H,4-9,12-13,15H2,1-3H3,(H,22,24). The molecular weight excluding hydrogens is 408 g/mol. The highest BCUT2D eigenvalue weighted by atomic mass is 32.2. The summed E-state index contributed by atoms with van der Waals surface area (Å²) >= 11 is 0. The second kappa shape index (κ2) is 11.3. The van der Waals surface area contributed by atoms with Crippen molar-refractivity contribution in [1.82, 2.24) is 9.62 Å². The molecule has 1 aliphatic rings. The van der Waals surface area contributed by atoms with Crippen LogP contribution in [0.4, 0.5) is 0 Å². The molecule has 1 aromatic carbocycles. The van der Waals surface area contributed by atoms with Gasteiger partial charge in [0.1, 0.15) is 10.6 Å². The second-order valence-electron chi connectivity index (χ2n) is 7.46. The average Bonchev–Trinajstić information content (AvgIpc) is 2.74. The van der Waals surface area contributed by atoms with Crippen LogP contribution in [0, 0.1) is 0 Å². The number of methoxy groups -OCH3 is 1. The number of unbranched alkanes of at least 4 members (excludes halogenated alkanes) is 2. The van der Waals surface area contributed by atoms with Crippen LogP contribution in [0.5, 0.6) is 5.75 Å². The van der Waals surface area contributed by atoms with Crippen LogP contribution in [0.15, 0.2) is 23.1 Å². The van der Waals surface area contributed by atoms with E-state index < -0.39 is 22.6 Å². The number of hydrogen-bond donors (Lipinski definition) is 1. The Labute approximate surface area is 179 Å². The summed E-state index contributed by atoms with van der Waals surface area (Å²) in [4.78, 5) is 24.1. The van der Waals surface area contributed by atoms with Crippen molar-refractivity contribution in [2.24, 2.45) is 0 Å². The Hall–Kier alpha value is -2.13. The maximum atomic E-state index is 13.2. The van der Waals surface area contributed by atoms with Crippen molar-refractivity contribution in [1.29, 1.82) is 0 Å². The van der Waals surface area contributed by atoms with Crippen molar-refractivity contribution in [3.05, 3.63) is 23.8 Å². The van der Waals surface area contributed by atoms with Crippen LogP contribution in [0.3, 0.4) is 0 Å². The summed E-state index contributed by atoms with van der Waals surface area (Å²) < 4.78 is 38.2. The molecule has 168 valence electrons. The third-order valence-corrected chi connectivity index (χ3v) is 7.20. The molecule has 0 aromatic heterocycles. The van der Waals surface area contributed by atoms with Crippen LogP contribution >= 0.6 is 0 Å². The van der Waals surface area contributed by atoms with Gasteiger partial charge < -0.3 is 14.8 Å². The first-order chi connectivity index (χ1) is 14.3. The first kappa shape index (κ1) is 24.1. The van der Waals surface area contributed by atoms with Gasteiger partial charge in [-0.3, -0.25) is 4.79 Å². The van der Waals surface area contributed by atoms with Gasteiger partial charge in [0.05, 0.1) is 12.7 Å². The largest absolute Gasteiger partial charge is 0.495 e. The number of esters is 1. The summed E-state index contributed by atoms with van der Waals surface area (Å²) in [6.07, 6.45) is 5.49. The SMILES string of the molecule is CCCCCNC(=O)COC(=O)c1ccc(OC)c(S(=O)(=O)N2CCCCC2C)c1. The molecule has 0 saturated carbocycles. The minimum Gasteiger partial charge on any atom is -0.495 e. The van der Waals surface area contributed by atoms with Gasteiger partial charge in [-0.2, -0.15) is 4.31 Å². The Balaban J connectivity index is 2.11. The Morgan fingerprint density at radius 3 is 2.67 bits per heavy atom. The van der Waals surface area contributed by atoms with E-state index in [0.29, 0.717) is 13.1 Å². The molecule has 8 nitrogen and oxygen atoms in total. The van der Waals surface area contributed by atoms with E-state index in [2.05, 4.69) is 12.2 Å². The number of nitrogens with zero attached hydrogens (tertiary/aromatic N) is 1. The van der Waals surface area contributed by atoms with Gasteiger partial charge in [-0.15, -0.1) is 0 Å². The fourth-order valence-corrected chi connectivity index (χ4v) is 5.31. The number of sulfonamides is 1. The van der Waals surface area contributed by atoms with E-state index in [1.165, 1.54) is 29.6 Å². The van der Waals surface area contributed by atoms with Gasteiger partial charge in [0.25, 0.3) is 5.91 Å². The van der Waals surface area contributed by atoms with E-state index >= 15 is 0 Å². The summed E-state index contributed by atoms with van der Waals surface area (Å²) in [6.45, 7) is 4.49. The molecule has 1 aliphatic heterocycles. The molecule has 0 aliphatic carbocycles. The lowest BCUT2D eigenvalue weighted by Gasteiger charge is -2.32. The lowest BCUT2D eigenvalue weighted by Crippen LogP contribution is -2.42. The van der Waals surface area contributed by atoms with Gasteiger partial charge in [0, 0.05) is 19.1 Å². The van der Waals surface area contributed by atoms with E-state index in [0.717, 1.165) is 38.5 Å². The summed E-state index contributed by atoms with van der Waals surface area (Å²) in [5, 5.41) is 2.69. The average molecular weight is 441 g/mol. The molecule has 1 unspecified atom stereocenters. The fraction of sp³-hybridized carbons (Fsp3) is 0.619. The van der Waals surface area contributed by atoms with Crippen LogP contribution < -0.4 is 10.1 Å². The molecule has 1 saturated heterocycles. The van der Waals surface area contributed by atoms with Gasteiger partial charge >= 0.3 is 5.97 Å². The molecule has 1 heterocycles. The number of nitrogens with one attached hydrogen (secondary N) is 1. The molecule has 1 fully saturated rings. The smallest absolute Gasteiger partial charge is 0.338 e. The predicted octanol–water partition coefficient (Wildman–Crippen LogP) is 2.72. The van der Waals surface area contributed by atoms with Crippen molar-refractivity contribution in [2.75, 3.05) is 26.8 Å². The highest BCUT2D eigenvalue weighted by Gasteiger charge is 2.33. The minimum absolute atomic E-state index is 0.0535. The predicted molar refractivity (Wildman–Crippen MR) is 113 cm³/mol. The highest BCUT2D eigenvalue weighted by Crippen LogP contribution is 2.31. The fourth-order valence-electron chi connectivity index (χ4n) is 3.43. The lowest BCUT2D eigenvalue weighted by molar-refractivity contribution is -0.124. The maximum Gasteiger partial charge on any atom is 0.338 e. The number of rotatable bonds is 10. The molecular formula is C21H32N2O6S. The number of carbonyl (C=O) groups excluding carboxylic acids is 2. The monoisotopic (exact) mass is 440 g/mol. The molecule has 1 aromatic rings. The molecule has 1 atom stereocenters. The van der Waals surface area contributed by atoms with Gasteiger partial charge in [-0.1, -0.05) is 26.2 Å². The van der Waals surface area contributed by atoms with Crippen molar-refractivity contribution in [2.45, 2.75) is 63.3 Å². The number of piperidine rings is 1. The first-order valence-corrected chi connectivity index (χ1v) is 11.9. The number of ether oxygens (including phenoxy) is 2. The van der Waals surface area contributed by atoms with E-state index in [-0.39, 0.29) is 28.2 Å². The van der Waals surface area contributed by atoms with Crippen LogP contribution in [-0.2, 0) is 19.6 Å². The first-order valence-electron chi connectivity index (χ1n) is 10.4. The molecule has 1 N–H and O–H groups in total. The lowest BCUT2D eigenvalue weighted by atomic mass is 10.1. The Kier molecular flexibility index (Phi) is 9.10. The molecule has 1 amide bonds. The topological polar surface area (TPSA) is 102 Å². The van der Waals surface area contributed by atoms with Gasteiger partial charge in [0.2, 0.25) is 10.0 Å². The summed E-state index contributed by atoms with van der Waals surface area (Å²) in [7, 11) is -2.45. The van der Waals surface area contributed by atoms with Gasteiger partial charge in [0.15, 0.2) is 6.61 Å². The van der Waals surface area contributed by atoms with E-state index in [1.54, 1.807) is 0 Å². The van der Waals surface area contributed by atoms with Crippen LogP contribution in [0.1, 0.15) is 62.7 Å². The van der Waals surface area contributed by atoms with E-state index in [4.69, 9.17) is 9.47 Å². The summed E-state index contributed by atoms with van der Waals surface area (Å²) in [5.41, 5.74) is 0.0535. The molecule has 0 radical (unpaired) electrons. The molecule has 0 spiro atoms. The zero-order valence-corrected chi connectivity index (χ0v) is 18.8. The van der Waals surface area contributed by atoms with Gasteiger partial charge in [-0.05, 0) is 44.4 Å². The number of hydrogen-bond acceptors (Lipinski definition) is 6. The van der Waals surface area contributed by atoms with Crippen molar-refractivity contribution in [3.8, 4) is 5.75 Å². The van der Waals surface area contributed by atoms with E-state index in [1.807, 2.05) is 6.92 Å². The Morgan fingerprint density at radius 1 is 1.23 bits per heavy atom. The third-order valence-electron chi connectivity index (χ3n) is 5.16. The number of carbonyl (C=O) groups is 2. The second-order valence-corrected chi connectivity index (χ2v) is 9.32. The third kappa shape index (κ3) is 6.18. The molecule has 2 rings (SSSR count). The number of benzene rings is 1. The number of amides is 1. The Morgan fingerprint density at radius 2 is 2.00 bits per heavy atom. The normalized spacial score (nSPS) is 17.4. The minimum atomic E-state index is -3.84. The maximum absolute atomic E-state index is 13.2. The van der Waals surface area contributed by atoms with Gasteiger partial charge in [-0.25, -0.2) is 13.2 Å². The van der Waals surface area contributed by atoms with E-state index in [9.17, 15) is 18.0 Å². The zero-order chi connectivity index (χ0) is 22.1. The Bertz CT molecular complexity index is 840. The zero-order valence-electron chi connectivity index (χ0n) is 18.0. The van der Waals surface area contributed by atoms with Crippen molar-refractivity contribution in [3.63, 3.8) is 0 Å².